The summed E-state index contributed by atoms with van der Waals surface area (Å²) < 4.78 is 31.0. The van der Waals surface area contributed by atoms with E-state index in [0.717, 1.165) is 12.1 Å². The second-order valence-corrected chi connectivity index (χ2v) is 4.67. The minimum Gasteiger partial charge on any atom is -0.466 e. The number of rotatable bonds is 4. The molecule has 0 saturated carbocycles. The van der Waals surface area contributed by atoms with Gasteiger partial charge < -0.3 is 10.1 Å². The summed E-state index contributed by atoms with van der Waals surface area (Å²) in [5.41, 5.74) is 0.497. The van der Waals surface area contributed by atoms with Crippen LogP contribution in [0.3, 0.4) is 0 Å². The number of ether oxygens (including phenoxy) is 1. The zero-order valence-corrected chi connectivity index (χ0v) is 11.0. The molecule has 0 spiro atoms. The number of hydrogen-bond acceptors (Lipinski definition) is 3. The molecule has 2 rings (SSSR count). The fourth-order valence-electron chi connectivity index (χ4n) is 2.39. The lowest BCUT2D eigenvalue weighted by molar-refractivity contribution is -0.143. The first kappa shape index (κ1) is 14.4. The summed E-state index contributed by atoms with van der Waals surface area (Å²) in [6, 6.07) is 3.07. The van der Waals surface area contributed by atoms with E-state index in [1.54, 1.807) is 6.92 Å². The normalized spacial score (nSPS) is 21.6. The average Bonchev–Trinajstić information content (AvgIpc) is 2.74. The smallest absolute Gasteiger partial charge is 0.307 e. The molecule has 108 valence electrons. The molecule has 0 aromatic heterocycles. The van der Waals surface area contributed by atoms with Crippen LogP contribution in [-0.2, 0) is 14.3 Å². The molecule has 1 aliphatic rings. The Balaban J connectivity index is 2.17. The van der Waals surface area contributed by atoms with Crippen molar-refractivity contribution in [2.45, 2.75) is 31.7 Å². The van der Waals surface area contributed by atoms with Crippen molar-refractivity contribution in [3.8, 4) is 0 Å². The lowest BCUT2D eigenvalue weighted by Crippen LogP contribution is -2.31. The first-order chi connectivity index (χ1) is 9.51. The number of amides is 1. The van der Waals surface area contributed by atoms with Gasteiger partial charge in [-0.25, -0.2) is 8.78 Å². The standard InChI is InChI=1S/C14H15F2NO3/c1-2-20-14(19)7-12-9(6-13(18)17-12)8-3-4-10(15)11(16)5-8/h3-5,9,12H,2,6-7H2,1H3,(H,17,18). The number of carbonyl (C=O) groups excluding carboxylic acids is 2. The van der Waals surface area contributed by atoms with Crippen molar-refractivity contribution in [1.82, 2.24) is 5.32 Å². The molecule has 6 heteroatoms. The summed E-state index contributed by atoms with van der Waals surface area (Å²) in [6.07, 6.45) is 0.165. The molecule has 0 radical (unpaired) electrons. The molecule has 2 atom stereocenters. The average molecular weight is 283 g/mol. The molecule has 1 fully saturated rings. The van der Waals surface area contributed by atoms with E-state index in [1.165, 1.54) is 6.07 Å². The van der Waals surface area contributed by atoms with E-state index < -0.39 is 23.6 Å². The molecule has 1 aromatic carbocycles. The molecule has 0 bridgehead atoms. The number of benzene rings is 1. The third kappa shape index (κ3) is 3.12. The van der Waals surface area contributed by atoms with Crippen LogP contribution in [-0.4, -0.2) is 24.5 Å². The van der Waals surface area contributed by atoms with E-state index in [2.05, 4.69) is 5.32 Å². The maximum Gasteiger partial charge on any atom is 0.307 e. The summed E-state index contributed by atoms with van der Waals surface area (Å²) in [6.45, 7) is 1.95. The highest BCUT2D eigenvalue weighted by Crippen LogP contribution is 2.31. The van der Waals surface area contributed by atoms with Gasteiger partial charge in [-0.2, -0.15) is 0 Å². The molecule has 0 aliphatic carbocycles. The monoisotopic (exact) mass is 283 g/mol. The van der Waals surface area contributed by atoms with Crippen molar-refractivity contribution in [3.63, 3.8) is 0 Å². The lowest BCUT2D eigenvalue weighted by Gasteiger charge is -2.18. The zero-order valence-electron chi connectivity index (χ0n) is 11.0. The Morgan fingerprint density at radius 3 is 2.80 bits per heavy atom. The topological polar surface area (TPSA) is 55.4 Å². The molecule has 2 unspecified atom stereocenters. The predicted molar refractivity (Wildman–Crippen MR) is 66.9 cm³/mol. The Kier molecular flexibility index (Phi) is 4.32. The third-order valence-corrected chi connectivity index (χ3v) is 3.30. The van der Waals surface area contributed by atoms with Gasteiger partial charge in [-0.05, 0) is 24.6 Å². The summed E-state index contributed by atoms with van der Waals surface area (Å²) in [7, 11) is 0. The van der Waals surface area contributed by atoms with Crippen LogP contribution in [0.1, 0.15) is 31.2 Å². The van der Waals surface area contributed by atoms with Gasteiger partial charge in [0, 0.05) is 18.4 Å². The van der Waals surface area contributed by atoms with Crippen LogP contribution >= 0.6 is 0 Å². The van der Waals surface area contributed by atoms with Gasteiger partial charge in [0.2, 0.25) is 5.91 Å². The highest BCUT2D eigenvalue weighted by Gasteiger charge is 2.35. The molecule has 1 aromatic rings. The van der Waals surface area contributed by atoms with Crippen molar-refractivity contribution in [1.29, 1.82) is 0 Å². The molecule has 1 amide bonds. The number of esters is 1. The van der Waals surface area contributed by atoms with E-state index in [-0.39, 0.29) is 31.3 Å². The first-order valence-electron chi connectivity index (χ1n) is 6.41. The predicted octanol–water partition coefficient (Wildman–Crippen LogP) is 1.89. The van der Waals surface area contributed by atoms with Crippen molar-refractivity contribution in [2.75, 3.05) is 6.61 Å². The number of halogens is 2. The summed E-state index contributed by atoms with van der Waals surface area (Å²) in [4.78, 5) is 23.0. The van der Waals surface area contributed by atoms with E-state index in [4.69, 9.17) is 4.74 Å². The van der Waals surface area contributed by atoms with Crippen LogP contribution in [0, 0.1) is 11.6 Å². The molecule has 1 N–H and O–H groups in total. The zero-order chi connectivity index (χ0) is 14.7. The van der Waals surface area contributed by atoms with Crippen molar-refractivity contribution in [3.05, 3.63) is 35.4 Å². The maximum absolute atomic E-state index is 13.3. The van der Waals surface area contributed by atoms with Gasteiger partial charge in [-0.3, -0.25) is 9.59 Å². The van der Waals surface area contributed by atoms with Gasteiger partial charge in [-0.1, -0.05) is 6.07 Å². The van der Waals surface area contributed by atoms with Crippen LogP contribution in [0.4, 0.5) is 8.78 Å². The Morgan fingerprint density at radius 1 is 1.40 bits per heavy atom. The molecular weight excluding hydrogens is 268 g/mol. The largest absolute Gasteiger partial charge is 0.466 e. The van der Waals surface area contributed by atoms with Gasteiger partial charge in [0.1, 0.15) is 0 Å². The molecule has 1 heterocycles. The van der Waals surface area contributed by atoms with Gasteiger partial charge in [0.25, 0.3) is 0 Å². The third-order valence-electron chi connectivity index (χ3n) is 3.30. The Labute approximate surface area is 115 Å². The number of nitrogens with one attached hydrogen (secondary N) is 1. The molecule has 1 saturated heterocycles. The van der Waals surface area contributed by atoms with E-state index in [9.17, 15) is 18.4 Å². The highest BCUT2D eigenvalue weighted by atomic mass is 19.2. The van der Waals surface area contributed by atoms with Crippen LogP contribution in [0.25, 0.3) is 0 Å². The van der Waals surface area contributed by atoms with Crippen LogP contribution in [0.5, 0.6) is 0 Å². The molecule has 1 aliphatic heterocycles. The summed E-state index contributed by atoms with van der Waals surface area (Å²) >= 11 is 0. The maximum atomic E-state index is 13.3. The van der Waals surface area contributed by atoms with E-state index in [0.29, 0.717) is 5.56 Å². The van der Waals surface area contributed by atoms with Crippen molar-refractivity contribution in [2.24, 2.45) is 0 Å². The Bertz CT molecular complexity index is 533. The summed E-state index contributed by atoms with van der Waals surface area (Å²) in [5, 5.41) is 2.67. The highest BCUT2D eigenvalue weighted by molar-refractivity contribution is 5.82. The van der Waals surface area contributed by atoms with E-state index >= 15 is 0 Å². The van der Waals surface area contributed by atoms with Crippen LogP contribution in [0.15, 0.2) is 18.2 Å². The molecule has 4 nitrogen and oxygen atoms in total. The number of hydrogen-bond donors (Lipinski definition) is 1. The van der Waals surface area contributed by atoms with Gasteiger partial charge in [-0.15, -0.1) is 0 Å². The minimum atomic E-state index is -0.961. The Morgan fingerprint density at radius 2 is 2.15 bits per heavy atom. The van der Waals surface area contributed by atoms with E-state index in [1.807, 2.05) is 0 Å². The molecule has 20 heavy (non-hydrogen) atoms. The minimum absolute atomic E-state index is 0.0171. The van der Waals surface area contributed by atoms with Crippen LogP contribution < -0.4 is 5.32 Å². The molecular formula is C14H15F2NO3. The Hall–Kier alpha value is -1.98. The number of carbonyl (C=O) groups is 2. The SMILES string of the molecule is CCOC(=O)CC1NC(=O)CC1c1ccc(F)c(F)c1. The summed E-state index contributed by atoms with van der Waals surface area (Å²) in [5.74, 6) is -2.90. The first-order valence-corrected chi connectivity index (χ1v) is 6.41. The second-order valence-electron chi connectivity index (χ2n) is 4.67. The van der Waals surface area contributed by atoms with Gasteiger partial charge in [0.15, 0.2) is 11.6 Å². The van der Waals surface area contributed by atoms with Crippen molar-refractivity contribution < 1.29 is 23.1 Å². The second kappa shape index (κ2) is 5.98. The van der Waals surface area contributed by atoms with Crippen molar-refractivity contribution >= 4 is 11.9 Å². The van der Waals surface area contributed by atoms with Gasteiger partial charge >= 0.3 is 5.97 Å². The fourth-order valence-corrected chi connectivity index (χ4v) is 2.39. The quantitative estimate of drug-likeness (QED) is 0.859. The lowest BCUT2D eigenvalue weighted by atomic mass is 9.90. The fraction of sp³-hybridized carbons (Fsp3) is 0.429. The van der Waals surface area contributed by atoms with Crippen LogP contribution in [0.2, 0.25) is 0 Å². The van der Waals surface area contributed by atoms with Gasteiger partial charge in [0.05, 0.1) is 13.0 Å².